The molecule has 0 fully saturated rings. The smallest absolute Gasteiger partial charge is 0.416 e. The highest BCUT2D eigenvalue weighted by molar-refractivity contribution is 7.92. The van der Waals surface area contributed by atoms with E-state index in [0.717, 1.165) is 12.1 Å². The summed E-state index contributed by atoms with van der Waals surface area (Å²) in [7, 11) is -1.41. The SMILES string of the molecule is COc1ccc([C@H](C)NC(=O)CN(c2cccc(C(F)(F)F)c2)S(=O)(=O)c2ccccc2)cc1OC. The molecule has 0 saturated heterocycles. The Labute approximate surface area is 207 Å². The van der Waals surface area contributed by atoms with Crippen LogP contribution < -0.4 is 19.1 Å². The van der Waals surface area contributed by atoms with Crippen molar-refractivity contribution in [1.82, 2.24) is 5.32 Å². The molecule has 1 atom stereocenters. The van der Waals surface area contributed by atoms with Crippen LogP contribution in [0.25, 0.3) is 0 Å². The zero-order chi connectivity index (χ0) is 26.5. The van der Waals surface area contributed by atoms with Gasteiger partial charge in [0.25, 0.3) is 10.0 Å². The summed E-state index contributed by atoms with van der Waals surface area (Å²) in [6, 6.07) is 15.5. The maximum Gasteiger partial charge on any atom is 0.416 e. The number of carbonyl (C=O) groups is 1. The summed E-state index contributed by atoms with van der Waals surface area (Å²) in [6.45, 7) is 0.940. The number of halogens is 3. The average molecular weight is 523 g/mol. The van der Waals surface area contributed by atoms with E-state index >= 15 is 0 Å². The van der Waals surface area contributed by atoms with E-state index in [2.05, 4.69) is 5.32 Å². The Morgan fingerprint density at radius 2 is 1.61 bits per heavy atom. The predicted octanol–water partition coefficient (Wildman–Crippen LogP) is 4.80. The first-order valence-corrected chi connectivity index (χ1v) is 12.2. The molecule has 0 saturated carbocycles. The second kappa shape index (κ2) is 10.9. The lowest BCUT2D eigenvalue weighted by atomic mass is 10.1. The summed E-state index contributed by atoms with van der Waals surface area (Å²) in [5.41, 5.74) is -0.674. The molecular formula is C25H25F3N2O5S. The Bertz CT molecular complexity index is 1310. The standard InChI is InChI=1S/C25H25F3N2O5S/c1-17(18-12-13-22(34-2)23(14-18)35-3)29-24(31)16-30(36(32,33)21-10-5-4-6-11-21)20-9-7-8-19(15-20)25(26,27)28/h4-15,17H,16H2,1-3H3,(H,29,31)/t17-/m0/s1. The van der Waals surface area contributed by atoms with E-state index in [9.17, 15) is 26.4 Å². The third-order valence-electron chi connectivity index (χ3n) is 5.36. The Kier molecular flexibility index (Phi) is 8.13. The largest absolute Gasteiger partial charge is 0.493 e. The Balaban J connectivity index is 1.93. The van der Waals surface area contributed by atoms with Crippen LogP contribution in [0.15, 0.2) is 77.7 Å². The molecular weight excluding hydrogens is 497 g/mol. The van der Waals surface area contributed by atoms with Crippen LogP contribution in [0.3, 0.4) is 0 Å². The molecule has 36 heavy (non-hydrogen) atoms. The molecule has 0 radical (unpaired) electrons. The summed E-state index contributed by atoms with van der Waals surface area (Å²) in [4.78, 5) is 12.8. The number of amides is 1. The van der Waals surface area contributed by atoms with E-state index in [-0.39, 0.29) is 10.6 Å². The quantitative estimate of drug-likeness (QED) is 0.437. The van der Waals surface area contributed by atoms with Gasteiger partial charge in [0.1, 0.15) is 6.54 Å². The second-order valence-electron chi connectivity index (χ2n) is 7.78. The Morgan fingerprint density at radius 1 is 0.944 bits per heavy atom. The lowest BCUT2D eigenvalue weighted by Gasteiger charge is -2.26. The van der Waals surface area contributed by atoms with Crippen LogP contribution in [-0.2, 0) is 21.0 Å². The number of alkyl halides is 3. The number of carbonyl (C=O) groups excluding carboxylic acids is 1. The van der Waals surface area contributed by atoms with E-state index in [4.69, 9.17) is 9.47 Å². The van der Waals surface area contributed by atoms with Gasteiger partial charge in [-0.25, -0.2) is 8.42 Å². The molecule has 0 spiro atoms. The van der Waals surface area contributed by atoms with Crippen molar-refractivity contribution in [2.24, 2.45) is 0 Å². The number of rotatable bonds is 9. The van der Waals surface area contributed by atoms with E-state index in [1.165, 1.54) is 44.6 Å². The summed E-state index contributed by atoms with van der Waals surface area (Å²) >= 11 is 0. The first-order valence-electron chi connectivity index (χ1n) is 10.7. The minimum atomic E-state index is -4.69. The summed E-state index contributed by atoms with van der Waals surface area (Å²) in [5.74, 6) is 0.215. The fourth-order valence-electron chi connectivity index (χ4n) is 3.50. The van der Waals surface area contributed by atoms with Gasteiger partial charge in [-0.05, 0) is 55.0 Å². The minimum absolute atomic E-state index is 0.164. The van der Waals surface area contributed by atoms with Gasteiger partial charge in [-0.15, -0.1) is 0 Å². The molecule has 0 aliphatic carbocycles. The van der Waals surface area contributed by atoms with Gasteiger partial charge in [0.2, 0.25) is 5.91 Å². The topological polar surface area (TPSA) is 84.9 Å². The molecule has 3 aromatic carbocycles. The average Bonchev–Trinajstić information content (AvgIpc) is 2.86. The Hall–Kier alpha value is -3.73. The molecule has 0 unspecified atom stereocenters. The Morgan fingerprint density at radius 3 is 2.22 bits per heavy atom. The van der Waals surface area contributed by atoms with Gasteiger partial charge < -0.3 is 14.8 Å². The molecule has 1 N–H and O–H groups in total. The van der Waals surface area contributed by atoms with Crippen molar-refractivity contribution in [3.05, 3.63) is 83.9 Å². The number of hydrogen-bond acceptors (Lipinski definition) is 5. The van der Waals surface area contributed by atoms with Crippen LogP contribution in [0.2, 0.25) is 0 Å². The normalized spacial score (nSPS) is 12.5. The maximum absolute atomic E-state index is 13.4. The van der Waals surface area contributed by atoms with Crippen molar-refractivity contribution >= 4 is 21.6 Å². The van der Waals surface area contributed by atoms with E-state index in [0.29, 0.717) is 27.4 Å². The van der Waals surface area contributed by atoms with Crippen LogP contribution in [0.4, 0.5) is 18.9 Å². The number of hydrogen-bond donors (Lipinski definition) is 1. The van der Waals surface area contributed by atoms with E-state index in [1.807, 2.05) is 0 Å². The highest BCUT2D eigenvalue weighted by Crippen LogP contribution is 2.33. The zero-order valence-corrected chi connectivity index (χ0v) is 20.6. The third kappa shape index (κ3) is 6.09. The molecule has 7 nitrogen and oxygen atoms in total. The predicted molar refractivity (Wildman–Crippen MR) is 129 cm³/mol. The monoisotopic (exact) mass is 522 g/mol. The number of methoxy groups -OCH3 is 2. The molecule has 0 aromatic heterocycles. The van der Waals surface area contributed by atoms with Crippen molar-refractivity contribution in [2.45, 2.75) is 24.0 Å². The highest BCUT2D eigenvalue weighted by atomic mass is 32.2. The molecule has 0 aliphatic heterocycles. The highest BCUT2D eigenvalue weighted by Gasteiger charge is 2.33. The van der Waals surface area contributed by atoms with Gasteiger partial charge >= 0.3 is 6.18 Å². The number of sulfonamides is 1. The summed E-state index contributed by atoms with van der Waals surface area (Å²) in [5, 5.41) is 2.69. The summed E-state index contributed by atoms with van der Waals surface area (Å²) in [6.07, 6.45) is -4.69. The number of anilines is 1. The molecule has 192 valence electrons. The van der Waals surface area contributed by atoms with Crippen LogP contribution in [-0.4, -0.2) is 35.1 Å². The lowest BCUT2D eigenvalue weighted by molar-refractivity contribution is -0.137. The summed E-state index contributed by atoms with van der Waals surface area (Å²) < 4.78 is 77.8. The fourth-order valence-corrected chi connectivity index (χ4v) is 4.93. The van der Waals surface area contributed by atoms with Crippen LogP contribution >= 0.6 is 0 Å². The number of ether oxygens (including phenoxy) is 2. The van der Waals surface area contributed by atoms with Crippen molar-refractivity contribution in [3.8, 4) is 11.5 Å². The van der Waals surface area contributed by atoms with E-state index in [1.54, 1.807) is 31.2 Å². The fraction of sp³-hybridized carbons (Fsp3) is 0.240. The number of benzene rings is 3. The van der Waals surface area contributed by atoms with E-state index < -0.39 is 40.3 Å². The molecule has 0 heterocycles. The van der Waals surface area contributed by atoms with Gasteiger partial charge in [0, 0.05) is 0 Å². The lowest BCUT2D eigenvalue weighted by Crippen LogP contribution is -2.41. The van der Waals surface area contributed by atoms with Crippen molar-refractivity contribution in [2.75, 3.05) is 25.1 Å². The van der Waals surface area contributed by atoms with Crippen LogP contribution in [0.5, 0.6) is 11.5 Å². The molecule has 0 aliphatic rings. The number of nitrogens with one attached hydrogen (secondary N) is 1. The van der Waals surface area contributed by atoms with Crippen LogP contribution in [0.1, 0.15) is 24.1 Å². The molecule has 3 rings (SSSR count). The van der Waals surface area contributed by atoms with Gasteiger partial charge in [-0.3, -0.25) is 9.10 Å². The van der Waals surface area contributed by atoms with Crippen molar-refractivity contribution < 1.29 is 35.9 Å². The maximum atomic E-state index is 13.4. The first kappa shape index (κ1) is 26.9. The molecule has 0 bridgehead atoms. The van der Waals surface area contributed by atoms with Crippen molar-refractivity contribution in [1.29, 1.82) is 0 Å². The first-order chi connectivity index (χ1) is 17.0. The minimum Gasteiger partial charge on any atom is -0.493 e. The van der Waals surface area contributed by atoms with Gasteiger partial charge in [-0.1, -0.05) is 30.3 Å². The van der Waals surface area contributed by atoms with Crippen molar-refractivity contribution in [3.63, 3.8) is 0 Å². The number of nitrogens with zero attached hydrogens (tertiary/aromatic N) is 1. The zero-order valence-electron chi connectivity index (χ0n) is 19.7. The van der Waals surface area contributed by atoms with Gasteiger partial charge in [-0.2, -0.15) is 13.2 Å². The molecule has 1 amide bonds. The third-order valence-corrected chi connectivity index (χ3v) is 7.15. The molecule has 11 heteroatoms. The van der Waals surface area contributed by atoms with Gasteiger partial charge in [0.15, 0.2) is 11.5 Å². The second-order valence-corrected chi connectivity index (χ2v) is 9.64. The molecule has 3 aromatic rings. The van der Waals surface area contributed by atoms with Crippen LogP contribution in [0, 0.1) is 0 Å². The van der Waals surface area contributed by atoms with Gasteiger partial charge in [0.05, 0.1) is 36.4 Å².